The van der Waals surface area contributed by atoms with Gasteiger partial charge in [-0.1, -0.05) is 30.3 Å². The smallest absolute Gasteiger partial charge is 0.412 e. The van der Waals surface area contributed by atoms with E-state index in [0.717, 1.165) is 5.56 Å². The number of aromatic nitrogens is 1. The van der Waals surface area contributed by atoms with Crippen LogP contribution in [0.1, 0.15) is 19.4 Å². The molecule has 0 radical (unpaired) electrons. The molecule has 1 aromatic heterocycles. The monoisotopic (exact) mass is 370 g/mol. The maximum Gasteiger partial charge on any atom is 0.412 e. The molecule has 8 nitrogen and oxygen atoms in total. The predicted octanol–water partition coefficient (Wildman–Crippen LogP) is 3.25. The number of nitrogens with zero attached hydrogens (tertiary/aromatic N) is 1. The van der Waals surface area contributed by atoms with Crippen LogP contribution in [-0.2, 0) is 14.3 Å². The van der Waals surface area contributed by atoms with Gasteiger partial charge in [0.2, 0.25) is 0 Å². The van der Waals surface area contributed by atoms with Crippen molar-refractivity contribution in [3.8, 4) is 0 Å². The highest BCUT2D eigenvalue weighted by Gasteiger charge is 2.10. The molecule has 0 spiro atoms. The minimum atomic E-state index is -0.614. The quantitative estimate of drug-likeness (QED) is 0.506. The lowest BCUT2D eigenvalue weighted by molar-refractivity contribution is -0.137. The van der Waals surface area contributed by atoms with Crippen LogP contribution in [0.5, 0.6) is 0 Å². The molecule has 1 amide bonds. The molecular weight excluding hydrogens is 348 g/mol. The molecular formula is C19H22N4O4. The van der Waals surface area contributed by atoms with Crippen LogP contribution in [0.3, 0.4) is 0 Å². The van der Waals surface area contributed by atoms with E-state index in [0.29, 0.717) is 11.4 Å². The fourth-order valence-electron chi connectivity index (χ4n) is 2.18. The minimum absolute atomic E-state index is 0.148. The van der Waals surface area contributed by atoms with Crippen molar-refractivity contribution in [2.24, 2.45) is 0 Å². The number of esters is 1. The highest BCUT2D eigenvalue weighted by Crippen LogP contribution is 2.24. The Bertz CT molecular complexity index is 822. The Balaban J connectivity index is 2.24. The topological polar surface area (TPSA) is 116 Å². The summed E-state index contributed by atoms with van der Waals surface area (Å²) >= 11 is 0. The van der Waals surface area contributed by atoms with E-state index < -0.39 is 12.1 Å². The molecule has 0 saturated heterocycles. The molecule has 0 bridgehead atoms. The molecule has 0 aliphatic rings. The number of hydrogen-bond donors (Lipinski definition) is 3. The first-order valence-corrected chi connectivity index (χ1v) is 8.44. The van der Waals surface area contributed by atoms with Crippen molar-refractivity contribution in [2.45, 2.75) is 13.8 Å². The first-order valence-electron chi connectivity index (χ1n) is 8.44. The zero-order chi connectivity index (χ0) is 19.6. The number of ether oxygens (including phenoxy) is 2. The van der Waals surface area contributed by atoms with Crippen molar-refractivity contribution in [1.29, 1.82) is 0 Å². The number of benzene rings is 1. The first-order chi connectivity index (χ1) is 13.0. The summed E-state index contributed by atoms with van der Waals surface area (Å²) in [6, 6.07) is 12.5. The Kier molecular flexibility index (Phi) is 7.18. The largest absolute Gasteiger partial charge is 0.463 e. The molecule has 0 aliphatic carbocycles. The highest BCUT2D eigenvalue weighted by atomic mass is 16.5. The Labute approximate surface area is 157 Å². The fraction of sp³-hybridized carbons (Fsp3) is 0.211. The van der Waals surface area contributed by atoms with Gasteiger partial charge >= 0.3 is 12.1 Å². The molecule has 142 valence electrons. The number of nitrogens with two attached hydrogens (primary N) is 1. The molecule has 8 heteroatoms. The van der Waals surface area contributed by atoms with Crippen molar-refractivity contribution < 1.29 is 19.1 Å². The van der Waals surface area contributed by atoms with Crippen molar-refractivity contribution in [3.05, 3.63) is 54.1 Å². The second-order valence-corrected chi connectivity index (χ2v) is 5.28. The summed E-state index contributed by atoms with van der Waals surface area (Å²) in [7, 11) is 0. The maximum absolute atomic E-state index is 11.9. The number of anilines is 3. The molecule has 1 aromatic carbocycles. The van der Waals surface area contributed by atoms with Gasteiger partial charge in [-0.25, -0.2) is 14.6 Å². The number of nitrogens with one attached hydrogen (secondary N) is 2. The molecule has 0 unspecified atom stereocenters. The van der Waals surface area contributed by atoms with Crippen LogP contribution < -0.4 is 16.4 Å². The van der Waals surface area contributed by atoms with Crippen LogP contribution in [0, 0.1) is 0 Å². The summed E-state index contributed by atoms with van der Waals surface area (Å²) < 4.78 is 9.78. The van der Waals surface area contributed by atoms with Crippen LogP contribution in [0.4, 0.5) is 22.1 Å². The van der Waals surface area contributed by atoms with Crippen LogP contribution in [0.15, 0.2) is 48.5 Å². The molecule has 0 aliphatic heterocycles. The number of carbonyl (C=O) groups is 2. The summed E-state index contributed by atoms with van der Waals surface area (Å²) in [6.45, 7) is 3.96. The van der Waals surface area contributed by atoms with E-state index in [9.17, 15) is 9.59 Å². The van der Waals surface area contributed by atoms with E-state index in [1.165, 1.54) is 6.08 Å². The molecule has 1 heterocycles. The van der Waals surface area contributed by atoms with E-state index in [2.05, 4.69) is 15.6 Å². The number of carbonyl (C=O) groups excluding carboxylic acids is 2. The lowest BCUT2D eigenvalue weighted by atomic mass is 10.1. The Morgan fingerprint density at radius 2 is 1.74 bits per heavy atom. The normalized spacial score (nSPS) is 10.8. The van der Waals surface area contributed by atoms with Crippen molar-refractivity contribution in [3.63, 3.8) is 0 Å². The number of rotatable bonds is 7. The third kappa shape index (κ3) is 6.03. The molecule has 0 saturated carbocycles. The Hall–Kier alpha value is -3.55. The molecule has 4 N–H and O–H groups in total. The average Bonchev–Trinajstić information content (AvgIpc) is 2.64. The number of pyridine rings is 1. The molecule has 27 heavy (non-hydrogen) atoms. The lowest BCUT2D eigenvalue weighted by Crippen LogP contribution is -2.15. The fourth-order valence-corrected chi connectivity index (χ4v) is 2.18. The van der Waals surface area contributed by atoms with Crippen LogP contribution in [-0.4, -0.2) is 30.3 Å². The maximum atomic E-state index is 11.9. The minimum Gasteiger partial charge on any atom is -0.463 e. The summed E-state index contributed by atoms with van der Waals surface area (Å²) in [5.41, 5.74) is 7.74. The van der Waals surface area contributed by atoms with Gasteiger partial charge in [0.1, 0.15) is 11.6 Å². The van der Waals surface area contributed by atoms with E-state index >= 15 is 0 Å². The van der Waals surface area contributed by atoms with Crippen LogP contribution in [0.2, 0.25) is 0 Å². The Morgan fingerprint density at radius 1 is 1.04 bits per heavy atom. The number of amides is 1. The van der Waals surface area contributed by atoms with E-state index in [1.54, 1.807) is 26.0 Å². The van der Waals surface area contributed by atoms with Gasteiger partial charge in [-0.3, -0.25) is 5.32 Å². The van der Waals surface area contributed by atoms with Crippen molar-refractivity contribution in [2.75, 3.05) is 29.6 Å². The molecule has 2 aromatic rings. The van der Waals surface area contributed by atoms with E-state index in [4.69, 9.17) is 15.2 Å². The average molecular weight is 370 g/mol. The zero-order valence-corrected chi connectivity index (χ0v) is 15.2. The lowest BCUT2D eigenvalue weighted by Gasteiger charge is -2.14. The van der Waals surface area contributed by atoms with Gasteiger partial charge in [-0.2, -0.15) is 0 Å². The van der Waals surface area contributed by atoms with E-state index in [1.807, 2.05) is 30.3 Å². The molecule has 2 rings (SSSR count). The predicted molar refractivity (Wildman–Crippen MR) is 104 cm³/mol. The standard InChI is InChI=1S/C19H22N4O4/c1-3-26-17(24)12-15(13-8-6-5-7-9-13)21-14-10-11-16(22-18(14)20)23-19(25)27-4-2/h5-12,21H,3-4H2,1-2H3,(H3,20,22,23,25)/b15-12-. The third-order valence-corrected chi connectivity index (χ3v) is 3.33. The van der Waals surface area contributed by atoms with Crippen LogP contribution in [0.25, 0.3) is 5.70 Å². The van der Waals surface area contributed by atoms with Gasteiger partial charge in [0.15, 0.2) is 0 Å². The van der Waals surface area contributed by atoms with Crippen LogP contribution >= 0.6 is 0 Å². The zero-order valence-electron chi connectivity index (χ0n) is 15.2. The third-order valence-electron chi connectivity index (χ3n) is 3.33. The molecule has 0 atom stereocenters. The number of nitrogen functional groups attached to an aromatic ring is 1. The second-order valence-electron chi connectivity index (χ2n) is 5.28. The summed E-state index contributed by atoms with van der Waals surface area (Å²) in [5.74, 6) is -0.0712. The highest BCUT2D eigenvalue weighted by molar-refractivity contribution is 5.95. The first kappa shape index (κ1) is 19.8. The van der Waals surface area contributed by atoms with Gasteiger partial charge in [-0.05, 0) is 31.5 Å². The SMILES string of the molecule is CCOC(=O)/C=C(\Nc1ccc(NC(=O)OCC)nc1N)c1ccccc1. The second kappa shape index (κ2) is 9.81. The van der Waals surface area contributed by atoms with E-state index in [-0.39, 0.29) is 24.8 Å². The van der Waals surface area contributed by atoms with Gasteiger partial charge in [-0.15, -0.1) is 0 Å². The van der Waals surface area contributed by atoms with Crippen molar-refractivity contribution in [1.82, 2.24) is 4.98 Å². The van der Waals surface area contributed by atoms with Gasteiger partial charge < -0.3 is 20.5 Å². The molecule has 0 fully saturated rings. The van der Waals surface area contributed by atoms with Gasteiger partial charge in [0, 0.05) is 6.08 Å². The summed E-state index contributed by atoms with van der Waals surface area (Å²) in [6.07, 6.45) is 0.737. The van der Waals surface area contributed by atoms with Gasteiger partial charge in [0.25, 0.3) is 0 Å². The van der Waals surface area contributed by atoms with Crippen molar-refractivity contribution >= 4 is 35.1 Å². The number of hydrogen-bond acceptors (Lipinski definition) is 7. The van der Waals surface area contributed by atoms with Gasteiger partial charge in [0.05, 0.1) is 24.6 Å². The Morgan fingerprint density at radius 3 is 2.37 bits per heavy atom. The summed E-state index contributed by atoms with van der Waals surface area (Å²) in [4.78, 5) is 27.5. The summed E-state index contributed by atoms with van der Waals surface area (Å²) in [5, 5.41) is 5.56.